The Morgan fingerprint density at radius 3 is 2.63 bits per heavy atom. The number of tetrazole rings is 1. The molecule has 0 bridgehead atoms. The number of cyclic esters (lactones) is 1. The molecular weight excluding hydrogens is 444 g/mol. The van der Waals surface area contributed by atoms with Gasteiger partial charge in [0, 0.05) is 38.6 Å². The normalized spacial score (nSPS) is 20.4. The molecule has 0 saturated carbocycles. The molecule has 0 N–H and O–H groups in total. The molecule has 9 heteroatoms. The Balaban J connectivity index is 1.12. The van der Waals surface area contributed by atoms with E-state index in [1.807, 2.05) is 48.2 Å². The summed E-state index contributed by atoms with van der Waals surface area (Å²) in [6.45, 7) is 7.44. The largest absolute Gasteiger partial charge is 0.459 e. The smallest absolute Gasteiger partial charge is 0.338 e. The third-order valence-corrected chi connectivity index (χ3v) is 6.86. The predicted octanol–water partition coefficient (Wildman–Crippen LogP) is 2.08. The van der Waals surface area contributed by atoms with Gasteiger partial charge in [0.1, 0.15) is 12.4 Å². The van der Waals surface area contributed by atoms with Crippen molar-refractivity contribution < 1.29 is 14.3 Å². The van der Waals surface area contributed by atoms with E-state index in [4.69, 9.17) is 4.74 Å². The molecule has 1 saturated heterocycles. The first kappa shape index (κ1) is 23.2. The molecule has 3 heterocycles. The lowest BCUT2D eigenvalue weighted by Gasteiger charge is -2.40. The van der Waals surface area contributed by atoms with Crippen LogP contribution in [-0.2, 0) is 28.8 Å². The molecule has 5 rings (SSSR count). The van der Waals surface area contributed by atoms with E-state index in [9.17, 15) is 9.59 Å². The lowest BCUT2D eigenvalue weighted by Crippen LogP contribution is -2.54. The van der Waals surface area contributed by atoms with E-state index in [1.54, 1.807) is 11.0 Å². The average molecular weight is 475 g/mol. The average Bonchev–Trinajstić information content (AvgIpc) is 3.38. The fourth-order valence-electron chi connectivity index (χ4n) is 4.98. The number of rotatable bonds is 6. The number of esters is 1. The van der Waals surface area contributed by atoms with Crippen LogP contribution in [0.15, 0.2) is 48.8 Å². The van der Waals surface area contributed by atoms with Crippen LogP contribution in [0, 0.1) is 0 Å². The van der Waals surface area contributed by atoms with Crippen LogP contribution >= 0.6 is 0 Å². The monoisotopic (exact) mass is 474 g/mol. The molecule has 2 aliphatic rings. The number of carbonyl (C=O) groups is 2. The molecule has 9 nitrogen and oxygen atoms in total. The first-order chi connectivity index (χ1) is 17.0. The van der Waals surface area contributed by atoms with Crippen molar-refractivity contribution >= 4 is 11.9 Å². The van der Waals surface area contributed by atoms with Gasteiger partial charge in [-0.3, -0.25) is 9.69 Å². The Hall–Kier alpha value is -3.59. The molecule has 1 amide bonds. The third kappa shape index (κ3) is 5.24. The number of hydrogen-bond donors (Lipinski definition) is 0. The maximum atomic E-state index is 13.0. The van der Waals surface area contributed by atoms with Crippen molar-refractivity contribution in [2.75, 3.05) is 26.2 Å². The highest BCUT2D eigenvalue weighted by Gasteiger charge is 2.27. The Labute approximate surface area is 204 Å². The minimum atomic E-state index is -0.219. The van der Waals surface area contributed by atoms with Gasteiger partial charge in [-0.2, -0.15) is 0 Å². The van der Waals surface area contributed by atoms with Crippen molar-refractivity contribution in [3.05, 3.63) is 71.0 Å². The first-order valence-electron chi connectivity index (χ1n) is 12.1. The summed E-state index contributed by atoms with van der Waals surface area (Å²) in [5.41, 5.74) is 4.86. The van der Waals surface area contributed by atoms with Crippen molar-refractivity contribution in [1.82, 2.24) is 30.0 Å². The Bertz CT molecular complexity index is 1190. The van der Waals surface area contributed by atoms with Gasteiger partial charge < -0.3 is 9.64 Å². The van der Waals surface area contributed by atoms with Crippen LogP contribution in [0.1, 0.15) is 40.9 Å². The number of benzene rings is 2. The molecule has 1 fully saturated rings. The van der Waals surface area contributed by atoms with E-state index in [0.717, 1.165) is 55.8 Å². The molecule has 2 aliphatic heterocycles. The van der Waals surface area contributed by atoms with Gasteiger partial charge in [-0.15, -0.1) is 5.10 Å². The lowest BCUT2D eigenvalue weighted by molar-refractivity contribution is -0.134. The van der Waals surface area contributed by atoms with Crippen molar-refractivity contribution in [2.24, 2.45) is 0 Å². The van der Waals surface area contributed by atoms with Gasteiger partial charge in [0.25, 0.3) is 0 Å². The van der Waals surface area contributed by atoms with Gasteiger partial charge in [-0.1, -0.05) is 24.3 Å². The second-order valence-electron chi connectivity index (χ2n) is 9.50. The standard InChI is InChI=1S/C26H30N6O3/c1-18-16-30(10-9-21-5-8-24-22(14-21)13-19(2)35-26(24)34)11-12-31(18)25(33)15-20-3-6-23(7-4-20)32-17-27-28-29-32/h3-8,14,17-19H,9-13,15-16H2,1-2H3. The molecule has 0 spiro atoms. The van der Waals surface area contributed by atoms with Gasteiger partial charge in [-0.25, -0.2) is 9.48 Å². The number of fused-ring (bicyclic) bond motifs is 1. The third-order valence-electron chi connectivity index (χ3n) is 6.86. The molecular formula is C26H30N6O3. The van der Waals surface area contributed by atoms with Gasteiger partial charge >= 0.3 is 5.97 Å². The summed E-state index contributed by atoms with van der Waals surface area (Å²) >= 11 is 0. The van der Waals surface area contributed by atoms with Crippen molar-refractivity contribution in [1.29, 1.82) is 0 Å². The van der Waals surface area contributed by atoms with Crippen LogP contribution in [0.4, 0.5) is 0 Å². The van der Waals surface area contributed by atoms with Crippen LogP contribution in [0.25, 0.3) is 5.69 Å². The van der Waals surface area contributed by atoms with Crippen LogP contribution < -0.4 is 0 Å². The summed E-state index contributed by atoms with van der Waals surface area (Å²) in [6.07, 6.45) is 3.55. The summed E-state index contributed by atoms with van der Waals surface area (Å²) in [5, 5.41) is 11.2. The summed E-state index contributed by atoms with van der Waals surface area (Å²) in [5.74, 6) is -0.0635. The minimum absolute atomic E-state index is 0.0688. The maximum Gasteiger partial charge on any atom is 0.338 e. The fourth-order valence-corrected chi connectivity index (χ4v) is 4.98. The quantitative estimate of drug-likeness (QED) is 0.505. The number of piperazine rings is 1. The highest BCUT2D eigenvalue weighted by atomic mass is 16.5. The van der Waals surface area contributed by atoms with Crippen LogP contribution in [0.2, 0.25) is 0 Å². The molecule has 2 atom stereocenters. The first-order valence-corrected chi connectivity index (χ1v) is 12.1. The molecule has 1 aromatic heterocycles. The SMILES string of the molecule is CC1Cc2cc(CCN3CCN(C(=O)Cc4ccc(-n5cnnn5)cc4)C(C)C3)ccc2C(=O)O1. The molecule has 2 unspecified atom stereocenters. The Morgan fingerprint density at radius 1 is 1.09 bits per heavy atom. The topological polar surface area (TPSA) is 93.5 Å². The Morgan fingerprint density at radius 2 is 1.89 bits per heavy atom. The second kappa shape index (κ2) is 9.95. The second-order valence-corrected chi connectivity index (χ2v) is 9.50. The molecule has 35 heavy (non-hydrogen) atoms. The molecule has 0 aliphatic carbocycles. The number of amides is 1. The molecule has 2 aromatic carbocycles. The summed E-state index contributed by atoms with van der Waals surface area (Å²) < 4.78 is 6.91. The van der Waals surface area contributed by atoms with E-state index in [1.165, 1.54) is 5.56 Å². The number of carbonyl (C=O) groups excluding carboxylic acids is 2. The van der Waals surface area contributed by atoms with Gasteiger partial charge in [-0.05, 0) is 65.6 Å². The van der Waals surface area contributed by atoms with Gasteiger partial charge in [0.2, 0.25) is 5.91 Å². The van der Waals surface area contributed by atoms with Crippen LogP contribution in [0.5, 0.6) is 0 Å². The summed E-state index contributed by atoms with van der Waals surface area (Å²) in [4.78, 5) is 29.5. The fraction of sp³-hybridized carbons (Fsp3) is 0.423. The zero-order valence-corrected chi connectivity index (χ0v) is 20.1. The van der Waals surface area contributed by atoms with Crippen LogP contribution in [0.3, 0.4) is 0 Å². The molecule has 0 radical (unpaired) electrons. The number of hydrogen-bond acceptors (Lipinski definition) is 7. The zero-order chi connectivity index (χ0) is 24.4. The Kier molecular flexibility index (Phi) is 6.59. The van der Waals surface area contributed by atoms with E-state index in [2.05, 4.69) is 33.4 Å². The lowest BCUT2D eigenvalue weighted by atomic mass is 9.96. The highest BCUT2D eigenvalue weighted by molar-refractivity contribution is 5.92. The highest BCUT2D eigenvalue weighted by Crippen LogP contribution is 2.22. The van der Waals surface area contributed by atoms with Gasteiger partial charge in [0.05, 0.1) is 17.7 Å². The van der Waals surface area contributed by atoms with Gasteiger partial charge in [0.15, 0.2) is 0 Å². The molecule has 3 aromatic rings. The molecule has 182 valence electrons. The predicted molar refractivity (Wildman–Crippen MR) is 129 cm³/mol. The van der Waals surface area contributed by atoms with E-state index in [0.29, 0.717) is 12.0 Å². The minimum Gasteiger partial charge on any atom is -0.459 e. The zero-order valence-electron chi connectivity index (χ0n) is 20.1. The number of nitrogens with zero attached hydrogens (tertiary/aromatic N) is 6. The van der Waals surface area contributed by atoms with Crippen molar-refractivity contribution in [3.8, 4) is 5.69 Å². The number of ether oxygens (including phenoxy) is 1. The van der Waals surface area contributed by atoms with Crippen molar-refractivity contribution in [2.45, 2.75) is 45.3 Å². The van der Waals surface area contributed by atoms with Crippen LogP contribution in [-0.4, -0.2) is 80.2 Å². The van der Waals surface area contributed by atoms with E-state index >= 15 is 0 Å². The maximum absolute atomic E-state index is 13.0. The van der Waals surface area contributed by atoms with E-state index < -0.39 is 0 Å². The number of aromatic nitrogens is 4. The summed E-state index contributed by atoms with van der Waals surface area (Å²) in [6, 6.07) is 14.0. The van der Waals surface area contributed by atoms with E-state index in [-0.39, 0.29) is 24.0 Å². The summed E-state index contributed by atoms with van der Waals surface area (Å²) in [7, 11) is 0. The van der Waals surface area contributed by atoms with Crippen molar-refractivity contribution in [3.63, 3.8) is 0 Å².